The van der Waals surface area contributed by atoms with Gasteiger partial charge in [-0.1, -0.05) is 50.5 Å². The molecule has 30 heavy (non-hydrogen) atoms. The minimum atomic E-state index is -0.323. The Kier molecular flexibility index (Phi) is 5.76. The van der Waals surface area contributed by atoms with Gasteiger partial charge in [0, 0.05) is 28.4 Å². The topological polar surface area (TPSA) is 23.4 Å². The van der Waals surface area contributed by atoms with Crippen LogP contribution in [0.4, 0.5) is 0 Å². The first-order valence-electron chi connectivity index (χ1n) is 11.7. The molecule has 1 saturated heterocycles. The molecule has 0 radical (unpaired) electrons. The number of rotatable bonds is 7. The highest BCUT2D eigenvalue weighted by Crippen LogP contribution is 2.37. The number of hydrogen-bond acceptors (Lipinski definition) is 2. The molecule has 0 amide bonds. The summed E-state index contributed by atoms with van der Waals surface area (Å²) in [5.74, 6) is 0. The molecule has 0 unspecified atom stereocenters. The van der Waals surface area contributed by atoms with Gasteiger partial charge in [-0.05, 0) is 70.6 Å². The maximum atomic E-state index is 6.30. The summed E-state index contributed by atoms with van der Waals surface area (Å²) in [6.07, 6.45) is 6.38. The molecule has 4 rings (SSSR count). The van der Waals surface area contributed by atoms with Crippen molar-refractivity contribution in [3.63, 3.8) is 0 Å². The van der Waals surface area contributed by atoms with Gasteiger partial charge in [-0.3, -0.25) is 0 Å². The average Bonchev–Trinajstić information content (AvgIpc) is 3.13. The summed E-state index contributed by atoms with van der Waals surface area (Å²) in [5.41, 5.74) is 4.50. The van der Waals surface area contributed by atoms with Crippen LogP contribution in [0.15, 0.2) is 36.4 Å². The third-order valence-corrected chi connectivity index (χ3v) is 7.12. The molecule has 1 aliphatic rings. The van der Waals surface area contributed by atoms with Crippen LogP contribution in [0, 0.1) is 0 Å². The van der Waals surface area contributed by atoms with Crippen LogP contribution < -0.4 is 5.46 Å². The Labute approximate surface area is 181 Å². The van der Waals surface area contributed by atoms with E-state index in [4.69, 9.17) is 9.31 Å². The van der Waals surface area contributed by atoms with Crippen molar-refractivity contribution >= 4 is 34.4 Å². The van der Waals surface area contributed by atoms with Crippen molar-refractivity contribution in [3.8, 4) is 0 Å². The number of benzene rings is 2. The molecule has 4 heteroatoms. The summed E-state index contributed by atoms with van der Waals surface area (Å²) >= 11 is 0. The molecule has 0 N–H and O–H groups in total. The molecule has 0 aliphatic carbocycles. The van der Waals surface area contributed by atoms with Crippen LogP contribution in [0.3, 0.4) is 0 Å². The third-order valence-electron chi connectivity index (χ3n) is 7.12. The fraction of sp³-hybridized carbons (Fsp3) is 0.538. The van der Waals surface area contributed by atoms with Crippen LogP contribution in [0.2, 0.25) is 0 Å². The molecule has 1 aromatic heterocycles. The van der Waals surface area contributed by atoms with Gasteiger partial charge in [0.2, 0.25) is 0 Å². The summed E-state index contributed by atoms with van der Waals surface area (Å²) in [7, 11) is -0.322. The molecule has 0 atom stereocenters. The molecule has 0 bridgehead atoms. The highest BCUT2D eigenvalue weighted by molar-refractivity contribution is 6.62. The van der Waals surface area contributed by atoms with Crippen LogP contribution in [-0.2, 0) is 22.3 Å². The minimum Gasteiger partial charge on any atom is -0.399 e. The van der Waals surface area contributed by atoms with Crippen LogP contribution in [0.5, 0.6) is 0 Å². The summed E-state index contributed by atoms with van der Waals surface area (Å²) in [6.45, 7) is 13.9. The second kappa shape index (κ2) is 8.05. The zero-order valence-electron chi connectivity index (χ0n) is 19.5. The third kappa shape index (κ3) is 3.69. The van der Waals surface area contributed by atoms with Crippen molar-refractivity contribution in [3.05, 3.63) is 42.0 Å². The van der Waals surface area contributed by atoms with Crippen molar-refractivity contribution in [1.29, 1.82) is 0 Å². The Bertz CT molecular complexity index is 1030. The monoisotopic (exact) mass is 405 g/mol. The fourth-order valence-electron chi connectivity index (χ4n) is 4.54. The first-order chi connectivity index (χ1) is 14.3. The van der Waals surface area contributed by atoms with E-state index in [-0.39, 0.29) is 18.3 Å². The van der Waals surface area contributed by atoms with E-state index >= 15 is 0 Å². The number of aryl methyl sites for hydroxylation is 2. The predicted molar refractivity (Wildman–Crippen MR) is 129 cm³/mol. The number of unbranched alkanes of at least 4 members (excludes halogenated alkanes) is 3. The molecule has 1 fully saturated rings. The lowest BCUT2D eigenvalue weighted by atomic mass is 9.79. The summed E-state index contributed by atoms with van der Waals surface area (Å²) in [5, 5.41) is 2.65. The van der Waals surface area contributed by atoms with Crippen LogP contribution in [-0.4, -0.2) is 22.9 Å². The Morgan fingerprint density at radius 3 is 2.07 bits per heavy atom. The lowest BCUT2D eigenvalue weighted by Crippen LogP contribution is -2.41. The van der Waals surface area contributed by atoms with E-state index in [9.17, 15) is 0 Å². The van der Waals surface area contributed by atoms with Gasteiger partial charge in [0.1, 0.15) is 0 Å². The van der Waals surface area contributed by atoms with Crippen molar-refractivity contribution in [2.24, 2.45) is 0 Å². The Morgan fingerprint density at radius 1 is 0.800 bits per heavy atom. The molecule has 0 spiro atoms. The van der Waals surface area contributed by atoms with Gasteiger partial charge in [0.25, 0.3) is 0 Å². The first kappa shape index (κ1) is 21.5. The smallest absolute Gasteiger partial charge is 0.399 e. The summed E-state index contributed by atoms with van der Waals surface area (Å²) in [4.78, 5) is 0. The van der Waals surface area contributed by atoms with Gasteiger partial charge in [0.05, 0.1) is 11.2 Å². The van der Waals surface area contributed by atoms with Crippen LogP contribution in [0.25, 0.3) is 21.8 Å². The van der Waals surface area contributed by atoms with E-state index in [0.717, 1.165) is 12.0 Å². The zero-order valence-corrected chi connectivity index (χ0v) is 19.5. The van der Waals surface area contributed by atoms with Crippen molar-refractivity contribution in [2.45, 2.75) is 91.4 Å². The number of nitrogens with zero attached hydrogens (tertiary/aromatic N) is 1. The highest BCUT2D eigenvalue weighted by atomic mass is 16.7. The van der Waals surface area contributed by atoms with Crippen molar-refractivity contribution < 1.29 is 9.31 Å². The molecule has 2 heterocycles. The van der Waals surface area contributed by atoms with Crippen molar-refractivity contribution in [2.75, 3.05) is 0 Å². The normalized spacial score (nSPS) is 18.0. The predicted octanol–water partition coefficient (Wildman–Crippen LogP) is 6.24. The van der Waals surface area contributed by atoms with E-state index in [1.165, 1.54) is 59.5 Å². The first-order valence-corrected chi connectivity index (χ1v) is 11.7. The van der Waals surface area contributed by atoms with E-state index in [0.29, 0.717) is 0 Å². The molecule has 2 aromatic carbocycles. The average molecular weight is 405 g/mol. The second-order valence-corrected chi connectivity index (χ2v) is 9.77. The van der Waals surface area contributed by atoms with E-state index < -0.39 is 0 Å². The van der Waals surface area contributed by atoms with Crippen LogP contribution in [0.1, 0.15) is 72.8 Å². The minimum absolute atomic E-state index is 0.322. The largest absolute Gasteiger partial charge is 0.494 e. The molecule has 0 saturated carbocycles. The van der Waals surface area contributed by atoms with Gasteiger partial charge in [-0.15, -0.1) is 0 Å². The lowest BCUT2D eigenvalue weighted by Gasteiger charge is -2.32. The Balaban J connectivity index is 1.70. The number of hydrogen-bond donors (Lipinski definition) is 0. The Hall–Kier alpha value is -1.78. The molecule has 160 valence electrons. The number of fused-ring (bicyclic) bond motifs is 3. The van der Waals surface area contributed by atoms with E-state index in [1.807, 2.05) is 0 Å². The lowest BCUT2D eigenvalue weighted by molar-refractivity contribution is 0.00578. The SMILES string of the molecule is CCCCCCc1ccc2c3ccc(B4OC(C)(C)C(C)(C)O4)cc3n(CC)c2c1. The summed E-state index contributed by atoms with van der Waals surface area (Å²) in [6, 6.07) is 13.7. The molecule has 1 aliphatic heterocycles. The molecular weight excluding hydrogens is 369 g/mol. The number of aromatic nitrogens is 1. The van der Waals surface area contributed by atoms with Gasteiger partial charge < -0.3 is 13.9 Å². The van der Waals surface area contributed by atoms with Crippen LogP contribution >= 0.6 is 0 Å². The summed E-state index contributed by atoms with van der Waals surface area (Å²) < 4.78 is 15.0. The maximum Gasteiger partial charge on any atom is 0.494 e. The maximum absolute atomic E-state index is 6.30. The second-order valence-electron chi connectivity index (χ2n) is 9.77. The van der Waals surface area contributed by atoms with Gasteiger partial charge in [-0.2, -0.15) is 0 Å². The van der Waals surface area contributed by atoms with Gasteiger partial charge in [0.15, 0.2) is 0 Å². The van der Waals surface area contributed by atoms with Gasteiger partial charge >= 0.3 is 7.12 Å². The quantitative estimate of drug-likeness (QED) is 0.343. The van der Waals surface area contributed by atoms with E-state index in [1.54, 1.807) is 0 Å². The van der Waals surface area contributed by atoms with Crippen molar-refractivity contribution in [1.82, 2.24) is 4.57 Å². The van der Waals surface area contributed by atoms with E-state index in [2.05, 4.69) is 82.5 Å². The molecule has 3 nitrogen and oxygen atoms in total. The standard InChI is InChI=1S/C26H36BNO2/c1-7-9-10-11-12-19-13-15-21-22-16-14-20(18-24(22)28(8-2)23(21)17-19)27-29-25(3,4)26(5,6)30-27/h13-18H,7-12H2,1-6H3. The molecular formula is C26H36BNO2. The molecule has 3 aromatic rings. The highest BCUT2D eigenvalue weighted by Gasteiger charge is 2.51. The fourth-order valence-corrected chi connectivity index (χ4v) is 4.54. The Morgan fingerprint density at radius 2 is 1.43 bits per heavy atom. The zero-order chi connectivity index (χ0) is 21.5. The van der Waals surface area contributed by atoms with Gasteiger partial charge in [-0.25, -0.2) is 0 Å².